The lowest BCUT2D eigenvalue weighted by molar-refractivity contribution is -0.119. The SMILES string of the molecule is CN(Cc1ccc(F)cc1)C(CN)CC(N)=O. The number of hydrogen-bond donors (Lipinski definition) is 2. The van der Waals surface area contributed by atoms with Crippen molar-refractivity contribution in [2.45, 2.75) is 19.0 Å². The van der Waals surface area contributed by atoms with Crippen LogP contribution in [0.5, 0.6) is 0 Å². The fourth-order valence-corrected chi connectivity index (χ4v) is 1.66. The summed E-state index contributed by atoms with van der Waals surface area (Å²) in [7, 11) is 1.86. The predicted octanol–water partition coefficient (Wildman–Crippen LogP) is 0.460. The van der Waals surface area contributed by atoms with Gasteiger partial charge in [-0.25, -0.2) is 4.39 Å². The summed E-state index contributed by atoms with van der Waals surface area (Å²) in [6, 6.07) is 6.16. The minimum Gasteiger partial charge on any atom is -0.370 e. The molecule has 0 spiro atoms. The highest BCUT2D eigenvalue weighted by Gasteiger charge is 2.15. The van der Waals surface area contributed by atoms with E-state index in [1.807, 2.05) is 11.9 Å². The van der Waals surface area contributed by atoms with Crippen LogP contribution >= 0.6 is 0 Å². The van der Waals surface area contributed by atoms with E-state index in [1.165, 1.54) is 12.1 Å². The van der Waals surface area contributed by atoms with E-state index in [-0.39, 0.29) is 24.2 Å². The highest BCUT2D eigenvalue weighted by molar-refractivity contribution is 5.74. The maximum absolute atomic E-state index is 12.7. The molecule has 17 heavy (non-hydrogen) atoms. The molecule has 1 atom stereocenters. The minimum absolute atomic E-state index is 0.0856. The Kier molecular flexibility index (Phi) is 5.06. The first-order valence-corrected chi connectivity index (χ1v) is 5.46. The van der Waals surface area contributed by atoms with Crippen LogP contribution in [0.4, 0.5) is 4.39 Å². The van der Waals surface area contributed by atoms with Crippen molar-refractivity contribution in [3.05, 3.63) is 35.6 Å². The van der Waals surface area contributed by atoms with E-state index in [9.17, 15) is 9.18 Å². The Bertz CT molecular complexity index is 367. The van der Waals surface area contributed by atoms with E-state index < -0.39 is 0 Å². The van der Waals surface area contributed by atoms with Gasteiger partial charge in [-0.3, -0.25) is 9.69 Å². The van der Waals surface area contributed by atoms with Crippen molar-refractivity contribution in [1.82, 2.24) is 4.90 Å². The number of halogens is 1. The third-order valence-corrected chi connectivity index (χ3v) is 2.68. The normalized spacial score (nSPS) is 12.7. The molecule has 4 nitrogen and oxygen atoms in total. The van der Waals surface area contributed by atoms with E-state index in [1.54, 1.807) is 12.1 Å². The molecule has 0 bridgehead atoms. The highest BCUT2D eigenvalue weighted by Crippen LogP contribution is 2.09. The molecular weight excluding hydrogens is 221 g/mol. The van der Waals surface area contributed by atoms with Gasteiger partial charge in [0.1, 0.15) is 5.82 Å². The Hall–Kier alpha value is -1.46. The summed E-state index contributed by atoms with van der Waals surface area (Å²) in [5.74, 6) is -0.629. The summed E-state index contributed by atoms with van der Waals surface area (Å²) in [5.41, 5.74) is 11.7. The number of nitrogens with two attached hydrogens (primary N) is 2. The van der Waals surface area contributed by atoms with Crippen LogP contribution in [0.25, 0.3) is 0 Å². The molecule has 5 heteroatoms. The summed E-state index contributed by atoms with van der Waals surface area (Å²) < 4.78 is 12.7. The lowest BCUT2D eigenvalue weighted by atomic mass is 10.1. The van der Waals surface area contributed by atoms with Crippen LogP contribution in [0.15, 0.2) is 24.3 Å². The van der Waals surface area contributed by atoms with Crippen molar-refractivity contribution in [2.24, 2.45) is 11.5 Å². The van der Waals surface area contributed by atoms with Gasteiger partial charge in [-0.1, -0.05) is 12.1 Å². The first kappa shape index (κ1) is 13.6. The molecule has 0 fully saturated rings. The molecule has 1 amide bonds. The highest BCUT2D eigenvalue weighted by atomic mass is 19.1. The second-order valence-electron chi connectivity index (χ2n) is 4.10. The van der Waals surface area contributed by atoms with Crippen LogP contribution in [0, 0.1) is 5.82 Å². The Balaban J connectivity index is 2.60. The molecule has 1 rings (SSSR count). The Morgan fingerprint density at radius 1 is 1.41 bits per heavy atom. The van der Waals surface area contributed by atoms with Crippen LogP contribution in [-0.2, 0) is 11.3 Å². The second kappa shape index (κ2) is 6.32. The number of nitrogens with zero attached hydrogens (tertiary/aromatic N) is 1. The van der Waals surface area contributed by atoms with E-state index in [4.69, 9.17) is 11.5 Å². The number of hydrogen-bond acceptors (Lipinski definition) is 3. The Labute approximate surface area is 100 Å². The van der Waals surface area contributed by atoms with Crippen molar-refractivity contribution in [3.63, 3.8) is 0 Å². The molecule has 0 heterocycles. The number of carbonyl (C=O) groups excluding carboxylic acids is 1. The number of rotatable bonds is 6. The number of benzene rings is 1. The van der Waals surface area contributed by atoms with Gasteiger partial charge in [0.15, 0.2) is 0 Å². The maximum atomic E-state index is 12.7. The van der Waals surface area contributed by atoms with Gasteiger partial charge in [0, 0.05) is 25.6 Å². The van der Waals surface area contributed by atoms with Crippen molar-refractivity contribution >= 4 is 5.91 Å². The molecule has 0 aromatic heterocycles. The number of primary amides is 1. The zero-order valence-corrected chi connectivity index (χ0v) is 9.90. The molecule has 1 unspecified atom stereocenters. The minimum atomic E-state index is -0.369. The van der Waals surface area contributed by atoms with Gasteiger partial charge >= 0.3 is 0 Å². The van der Waals surface area contributed by atoms with Crippen molar-refractivity contribution in [2.75, 3.05) is 13.6 Å². The average molecular weight is 239 g/mol. The molecule has 4 N–H and O–H groups in total. The fraction of sp³-hybridized carbons (Fsp3) is 0.417. The largest absolute Gasteiger partial charge is 0.370 e. The molecule has 94 valence electrons. The third-order valence-electron chi connectivity index (χ3n) is 2.68. The molecule has 0 radical (unpaired) electrons. The summed E-state index contributed by atoms with van der Waals surface area (Å²) in [5, 5.41) is 0. The average Bonchev–Trinajstić information content (AvgIpc) is 2.28. The van der Waals surface area contributed by atoms with Gasteiger partial charge in [-0.2, -0.15) is 0 Å². The van der Waals surface area contributed by atoms with Gasteiger partial charge in [-0.05, 0) is 24.7 Å². The van der Waals surface area contributed by atoms with Crippen LogP contribution in [-0.4, -0.2) is 30.4 Å². The number of carbonyl (C=O) groups is 1. The Morgan fingerprint density at radius 3 is 2.47 bits per heavy atom. The van der Waals surface area contributed by atoms with Crippen LogP contribution in [0.1, 0.15) is 12.0 Å². The van der Waals surface area contributed by atoms with E-state index >= 15 is 0 Å². The quantitative estimate of drug-likeness (QED) is 0.757. The number of amides is 1. The summed E-state index contributed by atoms with van der Waals surface area (Å²) in [4.78, 5) is 12.8. The summed E-state index contributed by atoms with van der Waals surface area (Å²) >= 11 is 0. The summed E-state index contributed by atoms with van der Waals surface area (Å²) in [6.07, 6.45) is 0.230. The van der Waals surface area contributed by atoms with Crippen LogP contribution in [0.2, 0.25) is 0 Å². The summed E-state index contributed by atoms with van der Waals surface area (Å²) in [6.45, 7) is 0.968. The van der Waals surface area contributed by atoms with Crippen molar-refractivity contribution in [3.8, 4) is 0 Å². The van der Waals surface area contributed by atoms with Gasteiger partial charge in [0.2, 0.25) is 5.91 Å². The smallest absolute Gasteiger partial charge is 0.219 e. The molecular formula is C12H18FN3O. The fourth-order valence-electron chi connectivity index (χ4n) is 1.66. The number of likely N-dealkylation sites (N-methyl/N-ethyl adjacent to an activating group) is 1. The first-order chi connectivity index (χ1) is 8.02. The molecule has 0 saturated carbocycles. The third kappa shape index (κ3) is 4.50. The molecule has 0 aliphatic heterocycles. The topological polar surface area (TPSA) is 72.3 Å². The van der Waals surface area contributed by atoms with Gasteiger partial charge in [0.05, 0.1) is 0 Å². The van der Waals surface area contributed by atoms with E-state index in [0.29, 0.717) is 13.1 Å². The molecule has 1 aromatic carbocycles. The first-order valence-electron chi connectivity index (χ1n) is 5.46. The van der Waals surface area contributed by atoms with Crippen LogP contribution in [0.3, 0.4) is 0 Å². The van der Waals surface area contributed by atoms with Gasteiger partial charge < -0.3 is 11.5 Å². The zero-order valence-electron chi connectivity index (χ0n) is 9.90. The molecule has 1 aromatic rings. The van der Waals surface area contributed by atoms with Crippen molar-refractivity contribution in [1.29, 1.82) is 0 Å². The molecule has 0 saturated heterocycles. The van der Waals surface area contributed by atoms with Crippen molar-refractivity contribution < 1.29 is 9.18 Å². The van der Waals surface area contributed by atoms with Crippen LogP contribution < -0.4 is 11.5 Å². The molecule has 0 aliphatic carbocycles. The molecule has 0 aliphatic rings. The zero-order chi connectivity index (χ0) is 12.8. The van der Waals surface area contributed by atoms with E-state index in [2.05, 4.69) is 0 Å². The lowest BCUT2D eigenvalue weighted by Gasteiger charge is -2.25. The second-order valence-corrected chi connectivity index (χ2v) is 4.10. The Morgan fingerprint density at radius 2 is 2.00 bits per heavy atom. The van der Waals surface area contributed by atoms with Gasteiger partial charge in [-0.15, -0.1) is 0 Å². The monoisotopic (exact) mass is 239 g/mol. The van der Waals surface area contributed by atoms with Gasteiger partial charge in [0.25, 0.3) is 0 Å². The predicted molar refractivity (Wildman–Crippen MR) is 64.5 cm³/mol. The lowest BCUT2D eigenvalue weighted by Crippen LogP contribution is -2.40. The van der Waals surface area contributed by atoms with E-state index in [0.717, 1.165) is 5.56 Å². The standard InChI is InChI=1S/C12H18FN3O/c1-16(11(7-14)6-12(15)17)8-9-2-4-10(13)5-3-9/h2-5,11H,6-8,14H2,1H3,(H2,15,17). The maximum Gasteiger partial charge on any atom is 0.219 e.